The predicted octanol–water partition coefficient (Wildman–Crippen LogP) is 16.3. The van der Waals surface area contributed by atoms with Gasteiger partial charge in [-0.05, 0) is 88.1 Å². The fourth-order valence-corrected chi connectivity index (χ4v) is 20.1. The zero-order valence-corrected chi connectivity index (χ0v) is 47.2. The first kappa shape index (κ1) is 51.2. The van der Waals surface area contributed by atoms with Crippen LogP contribution in [0.25, 0.3) is 44.5 Å². The summed E-state index contributed by atoms with van der Waals surface area (Å²) in [6, 6.07) is 64.1. The summed E-state index contributed by atoms with van der Waals surface area (Å²) >= 11 is 0. The highest BCUT2D eigenvalue weighted by Gasteiger charge is 2.42. The number of fused-ring (bicyclic) bond motifs is 12. The summed E-state index contributed by atoms with van der Waals surface area (Å²) < 4.78 is 73.7. The third-order valence-electron chi connectivity index (χ3n) is 15.5. The van der Waals surface area contributed by atoms with Gasteiger partial charge in [-0.1, -0.05) is 184 Å². The van der Waals surface area contributed by atoms with Crippen molar-refractivity contribution in [1.82, 2.24) is 0 Å². The van der Waals surface area contributed by atoms with E-state index in [1.807, 2.05) is 202 Å². The van der Waals surface area contributed by atoms with Crippen molar-refractivity contribution in [1.29, 1.82) is 0 Å². The van der Waals surface area contributed by atoms with Crippen molar-refractivity contribution in [3.8, 4) is 78.9 Å². The predicted molar refractivity (Wildman–Crippen MR) is 324 cm³/mol. The molecular formula is C67H52O9P4. The van der Waals surface area contributed by atoms with Crippen LogP contribution in [-0.4, -0.2) is 16.4 Å². The van der Waals surface area contributed by atoms with Gasteiger partial charge in [0.15, 0.2) is 5.76 Å². The second-order valence-corrected chi connectivity index (χ2v) is 29.2. The van der Waals surface area contributed by atoms with E-state index in [2.05, 4.69) is 12.2 Å². The Bertz CT molecular complexity index is 4270. The first-order chi connectivity index (χ1) is 38.7. The van der Waals surface area contributed by atoms with Crippen LogP contribution in [0.4, 0.5) is 0 Å². The van der Waals surface area contributed by atoms with Crippen LogP contribution < -0.4 is 39.3 Å². The zero-order chi connectivity index (χ0) is 55.0. The number of hydrogen-bond acceptors (Lipinski definition) is 9. The highest BCUT2D eigenvalue weighted by Crippen LogP contribution is 2.61. The molecule has 0 bridgehead atoms. The van der Waals surface area contributed by atoms with Crippen molar-refractivity contribution in [3.05, 3.63) is 259 Å². The molecule has 9 aromatic carbocycles. The summed E-state index contributed by atoms with van der Waals surface area (Å²) in [6.45, 7) is 8.29. The summed E-state index contributed by atoms with van der Waals surface area (Å²) in [5, 5.41) is 27.9. The van der Waals surface area contributed by atoms with Crippen LogP contribution in [0.3, 0.4) is 0 Å². The van der Waals surface area contributed by atoms with Crippen molar-refractivity contribution in [2.75, 3.05) is 6.16 Å². The highest BCUT2D eigenvalue weighted by molar-refractivity contribution is 7.68. The van der Waals surface area contributed by atoms with Gasteiger partial charge >= 0.3 is 0 Å². The molecule has 4 atom stereocenters. The minimum absolute atomic E-state index is 0.190. The molecule has 4 aliphatic rings. The minimum Gasteiger partial charge on any atom is -0.507 e. The molecule has 9 nitrogen and oxygen atoms in total. The molecule has 80 heavy (non-hydrogen) atoms. The van der Waals surface area contributed by atoms with Crippen molar-refractivity contribution in [3.63, 3.8) is 0 Å². The molecule has 4 aliphatic heterocycles. The Morgan fingerprint density at radius 3 is 1.38 bits per heavy atom. The number of para-hydroxylation sites is 4. The minimum atomic E-state index is -3.88. The maximum atomic E-state index is 15.9. The fraction of sp³-hybridized carbons (Fsp3) is 0.0896. The number of hydrogen-bond donors (Lipinski definition) is 2. The van der Waals surface area contributed by atoms with E-state index in [0.29, 0.717) is 61.2 Å². The lowest BCUT2D eigenvalue weighted by Crippen LogP contribution is -2.23. The zero-order valence-electron chi connectivity index (χ0n) is 43.7. The van der Waals surface area contributed by atoms with Crippen molar-refractivity contribution < 1.29 is 42.0 Å². The van der Waals surface area contributed by atoms with Gasteiger partial charge in [0.1, 0.15) is 36.4 Å². The van der Waals surface area contributed by atoms with Gasteiger partial charge < -0.3 is 28.3 Å². The molecule has 0 radical (unpaired) electrons. The highest BCUT2D eigenvalue weighted by atomic mass is 31.2. The van der Waals surface area contributed by atoms with Crippen LogP contribution in [0.5, 0.6) is 28.7 Å². The van der Waals surface area contributed by atoms with Crippen LogP contribution in [0.15, 0.2) is 242 Å². The van der Waals surface area contributed by atoms with Gasteiger partial charge in [0.25, 0.3) is 22.1 Å². The quantitative estimate of drug-likeness (QED) is 0.0781. The third kappa shape index (κ3) is 8.79. The summed E-state index contributed by atoms with van der Waals surface area (Å²) in [5.41, 5.74) is 10.9. The Labute approximate surface area is 465 Å². The molecule has 0 saturated carbocycles. The molecule has 0 aromatic heterocycles. The topological polar surface area (TPSA) is 129 Å². The molecule has 4 heterocycles. The smallest absolute Gasteiger partial charge is 0.282 e. The number of allylic oxidation sites excluding steroid dienone is 5. The molecule has 394 valence electrons. The van der Waals surface area contributed by atoms with Crippen LogP contribution in [-0.2, 0) is 31.4 Å². The molecule has 9 aromatic rings. The normalized spacial score (nSPS) is 19.8. The molecule has 13 rings (SSSR count). The number of aliphatic hydroxyl groups is 1. The number of aromatic hydroxyl groups is 1. The van der Waals surface area contributed by atoms with E-state index in [-0.39, 0.29) is 35.6 Å². The average molecular weight is 1130 g/mol. The standard InChI is InChI=1S/C67H52O9P4/c1-4-47(37-44(41-78(70)63-34-18-10-26-54(63)50-22-6-14-30-59(50)74-78)57(68)40-77-62-33-17-9-25-53(62)49-21-5-13-29-58(49)73-77)67(2,3)48-38-45(42-79(71)64-35-19-11-27-55(64)51-23-7-15-31-60(51)75-79)66(69)46(39-48)43-80(72)65-36-20-12-28-56(65)52-24-8-16-32-61(52)76-80/h4-39,68-69H,1,41-43H2,2-3H3/b47-37+,57-44-. The Morgan fingerprint density at radius 2 is 0.900 bits per heavy atom. The average Bonchev–Trinajstić information content (AvgIpc) is 3.63. The van der Waals surface area contributed by atoms with Gasteiger partial charge in [-0.2, -0.15) is 0 Å². The van der Waals surface area contributed by atoms with Crippen molar-refractivity contribution >= 4 is 50.9 Å². The van der Waals surface area contributed by atoms with E-state index in [4.69, 9.17) is 18.1 Å². The SMILES string of the molecule is C=C/C(=C\C(CP1(=O)Oc2ccccc2-c2ccccc21)=C(\O)C#P1Oc2ccccc2-c2ccccc21)C(C)(C)c1cc(CP2(=O)Oc3ccccc3-c3ccccc32)c(O)c(CP2(=O)Oc3ccccc3-c3ccccc32)c1. The number of aliphatic hydroxyl groups excluding tert-OH is 1. The monoisotopic (exact) mass is 1120 g/mol. The maximum absolute atomic E-state index is 15.9. The van der Waals surface area contributed by atoms with Crippen molar-refractivity contribution in [2.24, 2.45) is 0 Å². The lowest BCUT2D eigenvalue weighted by atomic mass is 9.76. The number of phenolic OH excluding ortho intramolecular Hbond substituents is 1. The van der Waals surface area contributed by atoms with Crippen LogP contribution >= 0.6 is 29.7 Å². The lowest BCUT2D eigenvalue weighted by Gasteiger charge is -2.33. The van der Waals surface area contributed by atoms with E-state index >= 15 is 13.7 Å². The maximum Gasteiger partial charge on any atom is 0.282 e. The molecule has 2 N–H and O–H groups in total. The molecule has 0 spiro atoms. The summed E-state index contributed by atoms with van der Waals surface area (Å²) in [6.07, 6.45) is 2.79. The molecule has 0 fully saturated rings. The largest absolute Gasteiger partial charge is 0.507 e. The molecule has 4 unspecified atom stereocenters. The Kier molecular flexibility index (Phi) is 12.7. The van der Waals surface area contributed by atoms with Crippen molar-refractivity contribution in [2.45, 2.75) is 31.6 Å². The second-order valence-electron chi connectivity index (χ2n) is 20.8. The molecule has 0 amide bonds. The van der Waals surface area contributed by atoms with Gasteiger partial charge in [-0.25, -0.2) is 0 Å². The summed E-state index contributed by atoms with van der Waals surface area (Å²) in [5.74, 6) is 1.57. The van der Waals surface area contributed by atoms with Gasteiger partial charge in [-0.15, -0.1) is 0 Å². The second kappa shape index (κ2) is 19.8. The van der Waals surface area contributed by atoms with E-state index in [1.165, 1.54) is 0 Å². The number of rotatable bonds is 10. The van der Waals surface area contributed by atoms with E-state index < -0.39 is 35.1 Å². The third-order valence-corrected chi connectivity index (χ3v) is 24.2. The van der Waals surface area contributed by atoms with E-state index in [9.17, 15) is 10.2 Å². The van der Waals surface area contributed by atoms with E-state index in [1.54, 1.807) is 30.4 Å². The summed E-state index contributed by atoms with van der Waals surface area (Å²) in [7, 11) is -13.3. The Morgan fingerprint density at radius 1 is 0.525 bits per heavy atom. The summed E-state index contributed by atoms with van der Waals surface area (Å²) in [4.78, 5) is 0. The first-order valence-electron chi connectivity index (χ1n) is 26.2. The van der Waals surface area contributed by atoms with Gasteiger partial charge in [0.05, 0.1) is 34.4 Å². The lowest BCUT2D eigenvalue weighted by molar-refractivity contribution is 0.432. The number of benzene rings is 9. The number of phenols is 1. The van der Waals surface area contributed by atoms with Gasteiger partial charge in [0.2, 0.25) is 0 Å². The fourth-order valence-electron chi connectivity index (χ4n) is 11.4. The Hall–Kier alpha value is -8.23. The van der Waals surface area contributed by atoms with Crippen LogP contribution in [0.2, 0.25) is 0 Å². The van der Waals surface area contributed by atoms with Gasteiger partial charge in [0, 0.05) is 55.2 Å². The van der Waals surface area contributed by atoms with E-state index in [0.717, 1.165) is 49.8 Å². The van der Waals surface area contributed by atoms with Crippen LogP contribution in [0, 0.1) is 5.63 Å². The van der Waals surface area contributed by atoms with Crippen LogP contribution in [0.1, 0.15) is 30.5 Å². The molecular weight excluding hydrogens is 1070 g/mol. The van der Waals surface area contributed by atoms with Gasteiger partial charge in [-0.3, -0.25) is 13.7 Å². The molecule has 0 aliphatic carbocycles. The Balaban J connectivity index is 0.985. The molecule has 13 heteroatoms. The molecule has 0 saturated heterocycles. The first-order valence-corrected chi connectivity index (χ1v) is 32.9.